The van der Waals surface area contributed by atoms with Gasteiger partial charge in [0.1, 0.15) is 5.75 Å². The molecule has 3 aromatic rings. The number of hydrogen-bond donors (Lipinski definition) is 1. The van der Waals surface area contributed by atoms with Crippen LogP contribution in [0.25, 0.3) is 22.3 Å². The van der Waals surface area contributed by atoms with E-state index < -0.39 is 0 Å². The number of Topliss-reactive ketones (excluding diaryl/α,β-unsaturated/α-hetero) is 1. The van der Waals surface area contributed by atoms with Crippen LogP contribution in [0.4, 0.5) is 0 Å². The van der Waals surface area contributed by atoms with Gasteiger partial charge in [0.2, 0.25) is 0 Å². The highest BCUT2D eigenvalue weighted by molar-refractivity contribution is 5.99. The van der Waals surface area contributed by atoms with Gasteiger partial charge in [-0.2, -0.15) is 0 Å². The molecule has 0 aliphatic heterocycles. The van der Waals surface area contributed by atoms with Gasteiger partial charge in [0, 0.05) is 6.42 Å². The zero-order valence-electron chi connectivity index (χ0n) is 16.0. The van der Waals surface area contributed by atoms with Gasteiger partial charge in [-0.05, 0) is 52.8 Å². The van der Waals surface area contributed by atoms with Crippen molar-refractivity contribution in [2.45, 2.75) is 39.5 Å². The lowest BCUT2D eigenvalue weighted by Gasteiger charge is -2.09. The fourth-order valence-electron chi connectivity index (χ4n) is 3.21. The fourth-order valence-corrected chi connectivity index (χ4v) is 3.21. The van der Waals surface area contributed by atoms with E-state index in [9.17, 15) is 9.90 Å². The van der Waals surface area contributed by atoms with E-state index in [4.69, 9.17) is 0 Å². The Hall–Kier alpha value is -2.87. The standard InChI is InChI=1S/C25H26O2/c1-3-5-6-24(26)23-16-15-22(17-25(23)27)21-13-11-20(12-14-21)19-9-7-18(4-2)8-10-19/h7-17,27H,3-6H2,1-2H3. The van der Waals surface area contributed by atoms with Crippen LogP contribution < -0.4 is 0 Å². The summed E-state index contributed by atoms with van der Waals surface area (Å²) >= 11 is 0. The number of carbonyl (C=O) groups is 1. The molecule has 0 unspecified atom stereocenters. The molecular weight excluding hydrogens is 332 g/mol. The summed E-state index contributed by atoms with van der Waals surface area (Å²) in [6, 6.07) is 22.2. The van der Waals surface area contributed by atoms with Crippen LogP contribution in [0.3, 0.4) is 0 Å². The molecule has 0 amide bonds. The van der Waals surface area contributed by atoms with Gasteiger partial charge in [0.25, 0.3) is 0 Å². The van der Waals surface area contributed by atoms with Crippen LogP contribution in [-0.4, -0.2) is 10.9 Å². The van der Waals surface area contributed by atoms with Crippen LogP contribution >= 0.6 is 0 Å². The Kier molecular flexibility index (Phi) is 6.08. The third-order valence-corrected chi connectivity index (χ3v) is 4.97. The number of aryl methyl sites for hydroxylation is 1. The van der Waals surface area contributed by atoms with Gasteiger partial charge in [-0.25, -0.2) is 0 Å². The van der Waals surface area contributed by atoms with Crippen molar-refractivity contribution in [2.24, 2.45) is 0 Å². The summed E-state index contributed by atoms with van der Waals surface area (Å²) in [5.41, 5.74) is 6.04. The number of hydrogen-bond acceptors (Lipinski definition) is 2. The Balaban J connectivity index is 1.80. The first-order valence-electron chi connectivity index (χ1n) is 9.68. The number of carbonyl (C=O) groups excluding carboxylic acids is 1. The average molecular weight is 358 g/mol. The highest BCUT2D eigenvalue weighted by Crippen LogP contribution is 2.29. The van der Waals surface area contributed by atoms with Gasteiger partial charge in [-0.15, -0.1) is 0 Å². The molecule has 0 heterocycles. The van der Waals surface area contributed by atoms with Gasteiger partial charge in [0.15, 0.2) is 5.78 Å². The van der Waals surface area contributed by atoms with Crippen LogP contribution in [0.1, 0.15) is 49.0 Å². The maximum Gasteiger partial charge on any atom is 0.166 e. The summed E-state index contributed by atoms with van der Waals surface area (Å²) in [5.74, 6) is 0.0691. The molecule has 0 atom stereocenters. The third-order valence-electron chi connectivity index (χ3n) is 4.97. The predicted molar refractivity (Wildman–Crippen MR) is 112 cm³/mol. The third kappa shape index (κ3) is 4.46. The predicted octanol–water partition coefficient (Wildman–Crippen LogP) is 6.66. The normalized spacial score (nSPS) is 10.7. The summed E-state index contributed by atoms with van der Waals surface area (Å²) in [4.78, 5) is 12.2. The monoisotopic (exact) mass is 358 g/mol. The van der Waals surface area contributed by atoms with E-state index in [1.54, 1.807) is 12.1 Å². The molecule has 1 N–H and O–H groups in total. The molecule has 0 radical (unpaired) electrons. The van der Waals surface area contributed by atoms with Crippen molar-refractivity contribution in [2.75, 3.05) is 0 Å². The lowest BCUT2D eigenvalue weighted by Crippen LogP contribution is -1.99. The van der Waals surface area contributed by atoms with Crippen molar-refractivity contribution in [1.29, 1.82) is 0 Å². The van der Waals surface area contributed by atoms with E-state index in [1.807, 2.05) is 6.07 Å². The number of benzene rings is 3. The number of phenols is 1. The Morgan fingerprint density at radius 3 is 1.81 bits per heavy atom. The molecule has 3 rings (SSSR count). The second-order valence-corrected chi connectivity index (χ2v) is 6.89. The lowest BCUT2D eigenvalue weighted by atomic mass is 9.97. The Bertz CT molecular complexity index is 906. The molecule has 0 saturated heterocycles. The fraction of sp³-hybridized carbons (Fsp3) is 0.240. The Labute approximate surface area is 161 Å². The van der Waals surface area contributed by atoms with Gasteiger partial charge in [-0.3, -0.25) is 4.79 Å². The zero-order valence-corrected chi connectivity index (χ0v) is 16.0. The molecule has 0 saturated carbocycles. The van der Waals surface area contributed by atoms with Crippen molar-refractivity contribution in [3.05, 3.63) is 77.9 Å². The van der Waals surface area contributed by atoms with Crippen LogP contribution in [0.15, 0.2) is 66.7 Å². The van der Waals surface area contributed by atoms with Crippen molar-refractivity contribution >= 4 is 5.78 Å². The average Bonchev–Trinajstić information content (AvgIpc) is 2.72. The molecule has 0 fully saturated rings. The second kappa shape index (κ2) is 8.68. The number of unbranched alkanes of at least 4 members (excludes halogenated alkanes) is 1. The van der Waals surface area contributed by atoms with Gasteiger partial charge in [-0.1, -0.05) is 74.9 Å². The number of ketones is 1. The summed E-state index contributed by atoms with van der Waals surface area (Å²) in [5, 5.41) is 10.3. The largest absolute Gasteiger partial charge is 0.507 e. The molecule has 0 spiro atoms. The number of aromatic hydroxyl groups is 1. The van der Waals surface area contributed by atoms with Crippen LogP contribution in [0.5, 0.6) is 5.75 Å². The minimum atomic E-state index is 0.00627. The highest BCUT2D eigenvalue weighted by Gasteiger charge is 2.12. The molecule has 0 aromatic heterocycles. The van der Waals surface area contributed by atoms with E-state index in [0.717, 1.165) is 36.0 Å². The SMILES string of the molecule is CCCCC(=O)c1ccc(-c2ccc(-c3ccc(CC)cc3)cc2)cc1O. The van der Waals surface area contributed by atoms with Crippen molar-refractivity contribution in [3.8, 4) is 28.0 Å². The summed E-state index contributed by atoms with van der Waals surface area (Å²) < 4.78 is 0. The summed E-state index contributed by atoms with van der Waals surface area (Å²) in [6.07, 6.45) is 3.34. The number of phenolic OH excluding ortho intramolecular Hbond substituents is 1. The molecular formula is C25H26O2. The molecule has 0 aliphatic rings. The second-order valence-electron chi connectivity index (χ2n) is 6.89. The van der Waals surface area contributed by atoms with Gasteiger partial charge >= 0.3 is 0 Å². The maximum atomic E-state index is 12.2. The molecule has 2 nitrogen and oxygen atoms in total. The smallest absolute Gasteiger partial charge is 0.166 e. The van der Waals surface area contributed by atoms with E-state index >= 15 is 0 Å². The van der Waals surface area contributed by atoms with E-state index in [-0.39, 0.29) is 11.5 Å². The van der Waals surface area contributed by atoms with Gasteiger partial charge in [0.05, 0.1) is 5.56 Å². The van der Waals surface area contributed by atoms with Crippen molar-refractivity contribution in [1.82, 2.24) is 0 Å². The Morgan fingerprint density at radius 1 is 0.778 bits per heavy atom. The molecule has 138 valence electrons. The van der Waals surface area contributed by atoms with Crippen molar-refractivity contribution in [3.63, 3.8) is 0 Å². The van der Waals surface area contributed by atoms with E-state index in [2.05, 4.69) is 62.4 Å². The van der Waals surface area contributed by atoms with Crippen LogP contribution in [0, 0.1) is 0 Å². The first kappa shape index (κ1) is 18.9. The highest BCUT2D eigenvalue weighted by atomic mass is 16.3. The summed E-state index contributed by atoms with van der Waals surface area (Å²) in [7, 11) is 0. The van der Waals surface area contributed by atoms with E-state index in [1.165, 1.54) is 11.1 Å². The number of rotatable bonds is 7. The van der Waals surface area contributed by atoms with E-state index in [0.29, 0.717) is 12.0 Å². The molecule has 0 bridgehead atoms. The van der Waals surface area contributed by atoms with Crippen molar-refractivity contribution < 1.29 is 9.90 Å². The maximum absolute atomic E-state index is 12.2. The molecule has 2 heteroatoms. The quantitative estimate of drug-likeness (QED) is 0.479. The molecule has 3 aromatic carbocycles. The Morgan fingerprint density at radius 2 is 1.30 bits per heavy atom. The zero-order chi connectivity index (χ0) is 19.2. The molecule has 0 aliphatic carbocycles. The minimum absolute atomic E-state index is 0.00627. The van der Waals surface area contributed by atoms with Crippen LogP contribution in [0.2, 0.25) is 0 Å². The summed E-state index contributed by atoms with van der Waals surface area (Å²) in [6.45, 7) is 4.21. The topological polar surface area (TPSA) is 37.3 Å². The first-order chi connectivity index (χ1) is 13.1. The first-order valence-corrected chi connectivity index (χ1v) is 9.68. The minimum Gasteiger partial charge on any atom is -0.507 e. The molecule has 27 heavy (non-hydrogen) atoms. The van der Waals surface area contributed by atoms with Crippen LogP contribution in [-0.2, 0) is 6.42 Å². The van der Waals surface area contributed by atoms with Gasteiger partial charge < -0.3 is 5.11 Å². The lowest BCUT2D eigenvalue weighted by molar-refractivity contribution is 0.0977.